The molecule has 58 unspecified atom stereocenters. The summed E-state index contributed by atoms with van der Waals surface area (Å²) in [4.78, 5) is 9.06. The van der Waals surface area contributed by atoms with Gasteiger partial charge in [0.15, 0.2) is 27.1 Å². The molecule has 1 fully saturated rings. The van der Waals surface area contributed by atoms with E-state index >= 15 is 0 Å². The summed E-state index contributed by atoms with van der Waals surface area (Å²) >= 11 is 0. The van der Waals surface area contributed by atoms with Crippen LogP contribution in [0.3, 0.4) is 0 Å². The number of hydrogen-bond acceptors (Lipinski definition) is 9. The molecule has 5 rings (SSSR count). The smallest absolute Gasteiger partial charge is 0.189 e. The average molecular weight is 3850 g/mol. The number of sulfone groups is 1. The van der Waals surface area contributed by atoms with Gasteiger partial charge in [0.1, 0.15) is 11.5 Å². The maximum absolute atomic E-state index is 15.0. The molecule has 0 spiro atoms. The molecule has 1 aliphatic rings. The zero-order valence-electron chi connectivity index (χ0n) is 74.6. The summed E-state index contributed by atoms with van der Waals surface area (Å²) < 4.78 is 51.1. The number of benzene rings is 2. The molecule has 0 radical (unpaired) electrons. The summed E-state index contributed by atoms with van der Waals surface area (Å²) in [7, 11) is 196. The van der Waals surface area contributed by atoms with Gasteiger partial charge in [-0.15, -0.1) is 464 Å². The topological polar surface area (TPSA) is 133 Å². The van der Waals surface area contributed by atoms with E-state index in [1.165, 1.54) is 12.3 Å². The van der Waals surface area contributed by atoms with E-state index in [2.05, 4.69) is 485 Å². The van der Waals surface area contributed by atoms with Gasteiger partial charge < -0.3 is 20.3 Å². The second-order valence-electron chi connectivity index (χ2n) is 26.0. The average Bonchev–Trinajstić information content (AvgIpc) is 0.765. The molecule has 2 aromatic carbocycles. The first-order chi connectivity index (χ1) is 65.6. The molecule has 0 bridgehead atoms. The Labute approximate surface area is 1030 Å². The monoisotopic (exact) mass is 3850 g/mol. The van der Waals surface area contributed by atoms with Crippen molar-refractivity contribution in [2.75, 3.05) is 18.9 Å². The van der Waals surface area contributed by atoms with E-state index in [9.17, 15) is 12.8 Å². The van der Waals surface area contributed by atoms with Crippen LogP contribution in [0.2, 0.25) is 0 Å². The minimum Gasteiger partial charge on any atom is -0.382 e. The van der Waals surface area contributed by atoms with Crippen molar-refractivity contribution < 1.29 is 22.1 Å². The third-order valence-electron chi connectivity index (χ3n) is 16.1. The third-order valence-corrected chi connectivity index (χ3v) is 752. The highest BCUT2D eigenvalue weighted by Crippen LogP contribution is 3.55. The molecule has 114 heteroatoms. The van der Waals surface area contributed by atoms with Crippen molar-refractivity contribution in [1.82, 2.24) is 20.4 Å². The first-order valence-electron chi connectivity index (χ1n) is 36.3. The Morgan fingerprint density at radius 2 is 0.641 bits per heavy atom. The van der Waals surface area contributed by atoms with E-state index in [4.69, 9.17) is 15.0 Å². The molecule has 0 aliphatic carbocycles. The molecule has 4 aromatic rings. The molecule has 1 saturated heterocycles. The van der Waals surface area contributed by atoms with Gasteiger partial charge >= 0.3 is 0 Å². The van der Waals surface area contributed by atoms with Gasteiger partial charge in [0, 0.05) is 36.4 Å². The first kappa shape index (κ1) is 175. The van der Waals surface area contributed by atoms with Gasteiger partial charge in [0.2, 0.25) is 0 Å². The highest BCUT2D eigenvalue weighted by molar-refractivity contribution is 9.61. The highest BCUT2D eigenvalue weighted by atomic mass is 33.7. The SMILES string of the molecule is CCC(C)S(=O)(=O)c1ccc(-c2cnc(N)c(-c3cc(-c4ccc(CN[C@@H]5CCOC5)cc4F)no3)n2)cc1.PPP(P)P(P(P)P)P(P(P(P(P)P)P(P)P)P(P(P)P)P(P)P)P(P(P(P(P)P)P(P)P)P(P(P)P)P(P)P)P(P(P(P(P(P)P)P(P)P)P(P(P)P)P(P)P)P(P(P(P)P)P(P)P)P(P(P)P)P(P)P)P(P(P(P(P)P)P(P)P)P(P(P)P)P(P)P)P(P(P(P)P)P(P)P)P(P(P)P)P(P)P. The molecule has 3 heterocycles. The van der Waals surface area contributed by atoms with Crippen LogP contribution in [0.1, 0.15) is 32.3 Å². The van der Waals surface area contributed by atoms with E-state index in [1.54, 1.807) is 43.3 Å². The summed E-state index contributed by atoms with van der Waals surface area (Å²) in [6.45, 7) is -17.7. The normalized spacial score (nSPS) is 16.0. The summed E-state index contributed by atoms with van der Waals surface area (Å²) in [6, 6.07) is 13.3. The number of aromatic nitrogens is 3. The third kappa shape index (κ3) is 56.3. The van der Waals surface area contributed by atoms with Crippen molar-refractivity contribution in [3.8, 4) is 34.0 Å². The molecular weight excluding hydrogens is 3710 g/mol. The number of anilines is 1. The fourth-order valence-electron chi connectivity index (χ4n) is 10.7. The summed E-state index contributed by atoms with van der Waals surface area (Å²) in [5, 5.41) is 6.92. The molecule has 1 aliphatic heterocycles. The van der Waals surface area contributed by atoms with Crippen LogP contribution < -0.4 is 11.1 Å². The fraction of sp³-hybridized carbons (Fsp3) is 0.321. The second kappa shape index (κ2) is 92.1. The fourth-order valence-corrected chi connectivity index (χ4v) is 1550. The van der Waals surface area contributed by atoms with Crippen molar-refractivity contribution in [1.29, 1.82) is 0 Å². The van der Waals surface area contributed by atoms with E-state index in [-0.39, 0.29) is 49.2 Å². The lowest BCUT2D eigenvalue weighted by Gasteiger charge is -2.64. The van der Waals surface area contributed by atoms with Crippen LogP contribution in [0.5, 0.6) is 0 Å². The number of halogens is 1. The zero-order valence-corrected chi connectivity index (χ0v) is 181. The first-order valence-corrected chi connectivity index (χ1v) is 226. The minimum absolute atomic E-state index is 0.121. The number of nitrogens with zero attached hydrogens (tertiary/aromatic N) is 3. The van der Waals surface area contributed by atoms with Gasteiger partial charge in [0.25, 0.3) is 0 Å². The predicted octanol–water partition coefficient (Wildman–Crippen LogP) is 65.2. The lowest BCUT2D eigenvalue weighted by molar-refractivity contribution is 0.190. The maximum Gasteiger partial charge on any atom is 0.189 e. The maximum atomic E-state index is 15.0. The molecule has 0 saturated carbocycles. The van der Waals surface area contributed by atoms with Crippen LogP contribution in [0.25, 0.3) is 34.0 Å². The number of nitrogens with two attached hydrogens (primary N) is 1. The molecule has 2 aromatic heterocycles. The Bertz CT molecular complexity index is 3960. The summed E-state index contributed by atoms with van der Waals surface area (Å²) in [6.07, 6.45) is 2.97. The van der Waals surface area contributed by atoms with Gasteiger partial charge in [0.05, 0.1) is 28.6 Å². The lowest BCUT2D eigenvalue weighted by atomic mass is 10.1. The Hall–Kier alpha value is 40.6. The largest absolute Gasteiger partial charge is 0.382 e. The van der Waals surface area contributed by atoms with Crippen molar-refractivity contribution in [2.45, 2.75) is 49.4 Å². The van der Waals surface area contributed by atoms with Crippen molar-refractivity contribution in [3.05, 3.63) is 66.1 Å². The number of ether oxygens (including phenoxy) is 1. The van der Waals surface area contributed by atoms with E-state index in [1.807, 2.05) is 13.0 Å². The van der Waals surface area contributed by atoms with Crippen LogP contribution in [0.15, 0.2) is 64.1 Å². The van der Waals surface area contributed by atoms with Gasteiger partial charge in [-0.3, -0.25) is 0 Å². The molecule has 142 heavy (non-hydrogen) atoms. The standard InChI is InChI=1S/C28H30FN5O4S.H105P103/c1-3-17(2)39(35,36)21-7-5-19(6-8-21)25-15-32-28(30)27(33-25)26-13-24(34-38-26)22-9-4-18(12-23(22)29)14-31-20-10-11-37-16-20;1-53-79(52)92(78(50)51)99(93(80(54(2)3)55(4)5)81(56(6)7)57(8)9)102(98(90(74(42)43)75(44)45)91(76(46)47)77(48)49)103(100(94(82(58(10)11)59(12)13)83(60(14)15)61(16)17)95(84(62(18)19)63(20)21)85(64(22)23)65(24)25)101(96(86(66(26)27)67(28)29)87(68(30)31)69(32)33)97(88(70(34)35)71(36)37)89(72(38)39)73(40)41/h4-9,12-13,15,17,20,31H,3,10-11,14,16H2,1-2H3,(H2,30,32);53H,1-52H2/t17?,20-;/m1./s1. The predicted molar refractivity (Wildman–Crippen MR) is 1010 cm³/mol. The van der Waals surface area contributed by atoms with Gasteiger partial charge in [-0.25, -0.2) is 22.8 Å². The van der Waals surface area contributed by atoms with E-state index in [0.717, 1.165) is 26.5 Å². The summed E-state index contributed by atoms with van der Waals surface area (Å²) in [5.41, 5.74) is 8.88. The van der Waals surface area contributed by atoms with Crippen LogP contribution in [0, 0.1) is 5.82 Å². The highest BCUT2D eigenvalue weighted by Gasteiger charge is 2.68. The Balaban J connectivity index is 0.000000880. The zero-order chi connectivity index (χ0) is 109. The van der Waals surface area contributed by atoms with E-state index < -0.39 is 349 Å². The quantitative estimate of drug-likeness (QED) is 0.0415. The molecular formula is C28H135FN5O4P103S. The molecule has 9 nitrogen and oxygen atoms in total. The van der Waals surface area contributed by atoms with Gasteiger partial charge in [-0.1, -0.05) is 38.2 Å². The molecule has 3 N–H and O–H groups in total. The van der Waals surface area contributed by atoms with Crippen molar-refractivity contribution in [2.24, 2.45) is 0 Å². The van der Waals surface area contributed by atoms with Gasteiger partial charge in [-0.05, 0) is 399 Å². The van der Waals surface area contributed by atoms with E-state index in [0.29, 0.717) is 42.1 Å². The Kier molecular flexibility index (Phi) is 113. The number of rotatable bonds is 59. The minimum atomic E-state index is -3.40. The second-order valence-corrected chi connectivity index (χ2v) is 455. The van der Waals surface area contributed by atoms with Crippen LogP contribution in [0.4, 0.5) is 10.2 Å². The van der Waals surface area contributed by atoms with Gasteiger partial charge in [-0.2, -0.15) is 0 Å². The Morgan fingerprint density at radius 1 is 0.380 bits per heavy atom. The molecule has 0 amide bonds. The lowest BCUT2D eigenvalue weighted by Crippen LogP contribution is -2.28. The number of nitrogens with one attached hydrogen (secondary N) is 1. The Morgan fingerprint density at radius 3 is 0.873 bits per heavy atom. The summed E-state index contributed by atoms with van der Waals surface area (Å²) in [5.74, 6) is -0.0635. The number of nitrogen functional groups attached to an aromatic ring is 1. The molecule has 59 atom stereocenters. The molecule has 824 valence electrons. The van der Waals surface area contributed by atoms with Crippen LogP contribution in [-0.4, -0.2) is 48.0 Å². The number of hydrogen-bond donors (Lipinski definition) is 2. The van der Waals surface area contributed by atoms with Crippen molar-refractivity contribution >= 4 is 837 Å². The van der Waals surface area contributed by atoms with Crippen LogP contribution >= 0.6 is 822 Å². The van der Waals surface area contributed by atoms with Crippen molar-refractivity contribution in [3.63, 3.8) is 0 Å². The van der Waals surface area contributed by atoms with Crippen LogP contribution in [-0.2, 0) is 21.1 Å².